The number of halogens is 3. The van der Waals surface area contributed by atoms with E-state index in [-0.39, 0.29) is 24.8 Å². The summed E-state index contributed by atoms with van der Waals surface area (Å²) in [5.74, 6) is -1.03. The zero-order valence-electron chi connectivity index (χ0n) is 12.9. The molecular weight excluding hydrogens is 354 g/mol. The molecule has 2 rings (SSSR count). The molecule has 0 spiro atoms. The predicted octanol–water partition coefficient (Wildman–Crippen LogP) is 4.51. The minimum absolute atomic E-state index is 0.0368. The molecule has 0 aliphatic rings. The number of hydrogen-bond donors (Lipinski definition) is 1. The van der Waals surface area contributed by atoms with Gasteiger partial charge in [0.15, 0.2) is 0 Å². The van der Waals surface area contributed by atoms with Gasteiger partial charge in [-0.25, -0.2) is 4.39 Å². The van der Waals surface area contributed by atoms with Crippen LogP contribution in [0.4, 0.5) is 15.8 Å². The average Bonchev–Trinajstić information content (AvgIpc) is 2.49. The molecule has 0 aliphatic carbocycles. The standard InChI is InChI=1S/C17H15Cl2FN2O2/c1-11(23)22(16-6-5-12(18)9-15(16)19)8-7-17(24)21-14-4-2-3-13(20)10-14/h2-6,9-10H,7-8H2,1H3,(H,21,24). The highest BCUT2D eigenvalue weighted by Gasteiger charge is 2.16. The molecule has 2 amide bonds. The lowest BCUT2D eigenvalue weighted by molar-refractivity contribution is -0.117. The van der Waals surface area contributed by atoms with Gasteiger partial charge in [0.05, 0.1) is 10.7 Å². The maximum Gasteiger partial charge on any atom is 0.226 e. The van der Waals surface area contributed by atoms with Crippen molar-refractivity contribution in [3.05, 3.63) is 58.3 Å². The second-order valence-corrected chi connectivity index (χ2v) is 5.92. The van der Waals surface area contributed by atoms with E-state index in [0.717, 1.165) is 0 Å². The van der Waals surface area contributed by atoms with E-state index < -0.39 is 5.82 Å². The summed E-state index contributed by atoms with van der Waals surface area (Å²) >= 11 is 12.0. The summed E-state index contributed by atoms with van der Waals surface area (Å²) in [6, 6.07) is 10.4. The molecule has 0 heterocycles. The van der Waals surface area contributed by atoms with Gasteiger partial charge in [-0.3, -0.25) is 9.59 Å². The van der Waals surface area contributed by atoms with Crippen molar-refractivity contribution in [2.45, 2.75) is 13.3 Å². The SMILES string of the molecule is CC(=O)N(CCC(=O)Nc1cccc(F)c1)c1ccc(Cl)cc1Cl. The van der Waals surface area contributed by atoms with Gasteiger partial charge in [-0.2, -0.15) is 0 Å². The quantitative estimate of drug-likeness (QED) is 0.843. The Morgan fingerprint density at radius 2 is 1.92 bits per heavy atom. The van der Waals surface area contributed by atoms with Crippen LogP contribution >= 0.6 is 23.2 Å². The van der Waals surface area contributed by atoms with Crippen molar-refractivity contribution >= 4 is 46.4 Å². The van der Waals surface area contributed by atoms with Crippen LogP contribution in [0.5, 0.6) is 0 Å². The normalized spacial score (nSPS) is 10.3. The van der Waals surface area contributed by atoms with Crippen LogP contribution in [0.2, 0.25) is 10.0 Å². The largest absolute Gasteiger partial charge is 0.326 e. The third kappa shape index (κ3) is 4.94. The fourth-order valence-electron chi connectivity index (χ4n) is 2.15. The second-order valence-electron chi connectivity index (χ2n) is 5.07. The number of nitrogens with one attached hydrogen (secondary N) is 1. The summed E-state index contributed by atoms with van der Waals surface area (Å²) in [5, 5.41) is 3.36. The highest BCUT2D eigenvalue weighted by Crippen LogP contribution is 2.29. The molecular formula is C17H15Cl2FN2O2. The van der Waals surface area contributed by atoms with Gasteiger partial charge in [0.1, 0.15) is 5.82 Å². The van der Waals surface area contributed by atoms with E-state index in [1.54, 1.807) is 18.2 Å². The Balaban J connectivity index is 2.03. The van der Waals surface area contributed by atoms with Crippen LogP contribution < -0.4 is 10.2 Å². The van der Waals surface area contributed by atoms with Crippen molar-refractivity contribution in [1.29, 1.82) is 0 Å². The van der Waals surface area contributed by atoms with Crippen LogP contribution in [0.25, 0.3) is 0 Å². The average molecular weight is 369 g/mol. The van der Waals surface area contributed by atoms with Crippen LogP contribution in [0.15, 0.2) is 42.5 Å². The highest BCUT2D eigenvalue weighted by atomic mass is 35.5. The van der Waals surface area contributed by atoms with E-state index in [4.69, 9.17) is 23.2 Å². The molecule has 0 saturated heterocycles. The van der Waals surface area contributed by atoms with Crippen molar-refractivity contribution in [3.8, 4) is 0 Å². The first-order chi connectivity index (χ1) is 11.4. The minimum Gasteiger partial charge on any atom is -0.326 e. The molecule has 0 saturated carbocycles. The van der Waals surface area contributed by atoms with Crippen molar-refractivity contribution in [1.82, 2.24) is 0 Å². The van der Waals surface area contributed by atoms with Crippen molar-refractivity contribution in [2.24, 2.45) is 0 Å². The van der Waals surface area contributed by atoms with Gasteiger partial charge in [-0.05, 0) is 36.4 Å². The summed E-state index contributed by atoms with van der Waals surface area (Å²) < 4.78 is 13.1. The Hall–Kier alpha value is -2.11. The molecule has 0 aliphatic heterocycles. The van der Waals surface area contributed by atoms with Gasteiger partial charge in [0.25, 0.3) is 0 Å². The molecule has 0 bridgehead atoms. The smallest absolute Gasteiger partial charge is 0.226 e. The second kappa shape index (κ2) is 8.13. The third-order valence-electron chi connectivity index (χ3n) is 3.25. The summed E-state index contributed by atoms with van der Waals surface area (Å²) in [7, 11) is 0. The van der Waals surface area contributed by atoms with E-state index in [1.807, 2.05) is 0 Å². The molecule has 2 aromatic carbocycles. The van der Waals surface area contributed by atoms with E-state index >= 15 is 0 Å². The van der Waals surface area contributed by atoms with Gasteiger partial charge in [-0.15, -0.1) is 0 Å². The Labute approximate surface area is 149 Å². The number of carbonyl (C=O) groups is 2. The lowest BCUT2D eigenvalue weighted by atomic mass is 10.2. The Morgan fingerprint density at radius 3 is 2.54 bits per heavy atom. The fourth-order valence-corrected chi connectivity index (χ4v) is 2.66. The zero-order valence-corrected chi connectivity index (χ0v) is 14.4. The number of hydrogen-bond acceptors (Lipinski definition) is 2. The topological polar surface area (TPSA) is 49.4 Å². The van der Waals surface area contributed by atoms with Crippen LogP contribution in [0.1, 0.15) is 13.3 Å². The van der Waals surface area contributed by atoms with Gasteiger partial charge in [-0.1, -0.05) is 29.3 Å². The number of anilines is 2. The highest BCUT2D eigenvalue weighted by molar-refractivity contribution is 6.36. The first kappa shape index (κ1) is 18.2. The molecule has 24 heavy (non-hydrogen) atoms. The monoisotopic (exact) mass is 368 g/mol. The van der Waals surface area contributed by atoms with Crippen molar-refractivity contribution < 1.29 is 14.0 Å². The number of carbonyl (C=O) groups excluding carboxylic acids is 2. The summed E-state index contributed by atoms with van der Waals surface area (Å²) in [4.78, 5) is 25.2. The van der Waals surface area contributed by atoms with Crippen LogP contribution in [0.3, 0.4) is 0 Å². The summed E-state index contributed by atoms with van der Waals surface area (Å²) in [6.07, 6.45) is 0.0368. The molecule has 126 valence electrons. The number of rotatable bonds is 5. The predicted molar refractivity (Wildman–Crippen MR) is 94.1 cm³/mol. The van der Waals surface area contributed by atoms with E-state index in [0.29, 0.717) is 21.4 Å². The molecule has 4 nitrogen and oxygen atoms in total. The maximum atomic E-state index is 13.1. The number of nitrogens with zero attached hydrogens (tertiary/aromatic N) is 1. The van der Waals surface area contributed by atoms with E-state index in [1.165, 1.54) is 36.1 Å². The van der Waals surface area contributed by atoms with Gasteiger partial charge >= 0.3 is 0 Å². The van der Waals surface area contributed by atoms with Gasteiger partial charge in [0.2, 0.25) is 11.8 Å². The molecule has 7 heteroatoms. The molecule has 0 radical (unpaired) electrons. The van der Waals surface area contributed by atoms with Crippen molar-refractivity contribution in [2.75, 3.05) is 16.8 Å². The van der Waals surface area contributed by atoms with Crippen molar-refractivity contribution in [3.63, 3.8) is 0 Å². The van der Waals surface area contributed by atoms with Crippen LogP contribution in [-0.2, 0) is 9.59 Å². The van der Waals surface area contributed by atoms with Crippen LogP contribution in [0, 0.1) is 5.82 Å². The molecule has 0 aromatic heterocycles. The lowest BCUT2D eigenvalue weighted by Gasteiger charge is -2.22. The molecule has 0 atom stereocenters. The Morgan fingerprint density at radius 1 is 1.17 bits per heavy atom. The molecule has 0 fully saturated rings. The molecule has 0 unspecified atom stereocenters. The number of amides is 2. The summed E-state index contributed by atoms with van der Waals surface area (Å²) in [6.45, 7) is 1.52. The van der Waals surface area contributed by atoms with Crippen LogP contribution in [-0.4, -0.2) is 18.4 Å². The molecule has 2 aromatic rings. The lowest BCUT2D eigenvalue weighted by Crippen LogP contribution is -2.32. The van der Waals surface area contributed by atoms with Gasteiger partial charge < -0.3 is 10.2 Å². The van der Waals surface area contributed by atoms with Gasteiger partial charge in [0, 0.05) is 30.6 Å². The Kier molecular flexibility index (Phi) is 6.17. The summed E-state index contributed by atoms with van der Waals surface area (Å²) in [5.41, 5.74) is 0.839. The first-order valence-corrected chi connectivity index (χ1v) is 7.91. The minimum atomic E-state index is -0.439. The fraction of sp³-hybridized carbons (Fsp3) is 0.176. The molecule has 1 N–H and O–H groups in total. The zero-order chi connectivity index (χ0) is 17.7. The Bertz CT molecular complexity index is 768. The first-order valence-electron chi connectivity index (χ1n) is 7.15. The maximum absolute atomic E-state index is 13.1. The third-order valence-corrected chi connectivity index (χ3v) is 3.79. The van der Waals surface area contributed by atoms with E-state index in [9.17, 15) is 14.0 Å². The van der Waals surface area contributed by atoms with E-state index in [2.05, 4.69) is 5.32 Å². The number of benzene rings is 2.